The van der Waals surface area contributed by atoms with Gasteiger partial charge in [-0.15, -0.1) is 0 Å². The van der Waals surface area contributed by atoms with Gasteiger partial charge in [-0.2, -0.15) is 0 Å². The van der Waals surface area contributed by atoms with Gasteiger partial charge >= 0.3 is 0 Å². The summed E-state index contributed by atoms with van der Waals surface area (Å²) in [5.41, 5.74) is 2.58. The molecule has 6 heteroatoms. The zero-order chi connectivity index (χ0) is 21.5. The van der Waals surface area contributed by atoms with Crippen molar-refractivity contribution in [2.45, 2.75) is 46.1 Å². The third kappa shape index (κ3) is 6.20. The molecule has 2 N–H and O–H groups in total. The number of piperidine rings is 1. The maximum absolute atomic E-state index is 12.5. The number of thiocarbonyl (C=S) groups is 1. The number of amides is 1. The number of benzene rings is 2. The Morgan fingerprint density at radius 1 is 1.20 bits per heavy atom. The molecule has 3 rings (SSSR count). The summed E-state index contributed by atoms with van der Waals surface area (Å²) >= 11 is 5.32. The van der Waals surface area contributed by atoms with Crippen molar-refractivity contribution in [2.24, 2.45) is 5.92 Å². The number of anilines is 2. The van der Waals surface area contributed by atoms with E-state index >= 15 is 0 Å². The van der Waals surface area contributed by atoms with Crippen LogP contribution in [0.25, 0.3) is 0 Å². The SMILES string of the molecule is CC(C)COc1cccc(C(=O)NC(=S)Nc2ccc(N3CCCC[C@H]3C)cc2)c1. The molecule has 2 aromatic rings. The molecule has 1 atom stereocenters. The highest BCUT2D eigenvalue weighted by molar-refractivity contribution is 7.80. The van der Waals surface area contributed by atoms with Crippen molar-refractivity contribution >= 4 is 34.6 Å². The lowest BCUT2D eigenvalue weighted by Gasteiger charge is -2.35. The molecule has 5 nitrogen and oxygen atoms in total. The lowest BCUT2D eigenvalue weighted by Crippen LogP contribution is -2.37. The molecular weight excluding hydrogens is 394 g/mol. The first-order valence-electron chi connectivity index (χ1n) is 10.6. The van der Waals surface area contributed by atoms with Gasteiger partial charge in [-0.1, -0.05) is 19.9 Å². The fraction of sp³-hybridized carbons (Fsp3) is 0.417. The number of carbonyl (C=O) groups excluding carboxylic acids is 1. The molecule has 0 radical (unpaired) electrons. The summed E-state index contributed by atoms with van der Waals surface area (Å²) in [6.45, 7) is 8.15. The first-order chi connectivity index (χ1) is 14.4. The standard InChI is InChI=1S/C24H31N3O2S/c1-17(2)16-29-22-9-6-8-19(15-22)23(28)26-24(30)25-20-10-12-21(13-11-20)27-14-5-4-7-18(27)3/h6,8-13,15,17-18H,4-5,7,14,16H2,1-3H3,(H2,25,26,28,30)/t18-/m1/s1. The van der Waals surface area contributed by atoms with E-state index in [2.05, 4.69) is 48.4 Å². The lowest BCUT2D eigenvalue weighted by atomic mass is 10.0. The topological polar surface area (TPSA) is 53.6 Å². The molecule has 30 heavy (non-hydrogen) atoms. The minimum atomic E-state index is -0.263. The highest BCUT2D eigenvalue weighted by Gasteiger charge is 2.18. The second kappa shape index (κ2) is 10.4. The van der Waals surface area contributed by atoms with Gasteiger partial charge in [0.25, 0.3) is 5.91 Å². The van der Waals surface area contributed by atoms with Gasteiger partial charge in [0.1, 0.15) is 5.75 Å². The van der Waals surface area contributed by atoms with Crippen LogP contribution in [0.3, 0.4) is 0 Å². The molecule has 1 aliphatic rings. The Kier molecular flexibility index (Phi) is 7.69. The monoisotopic (exact) mass is 425 g/mol. The Balaban J connectivity index is 1.55. The number of ether oxygens (including phenoxy) is 1. The van der Waals surface area contributed by atoms with Gasteiger partial charge in [0.2, 0.25) is 0 Å². The van der Waals surface area contributed by atoms with Crippen LogP contribution in [0.2, 0.25) is 0 Å². The van der Waals surface area contributed by atoms with Crippen molar-refractivity contribution < 1.29 is 9.53 Å². The summed E-state index contributed by atoms with van der Waals surface area (Å²) in [7, 11) is 0. The quantitative estimate of drug-likeness (QED) is 0.621. The molecule has 0 spiro atoms. The molecule has 0 aliphatic carbocycles. The molecule has 0 saturated carbocycles. The van der Waals surface area contributed by atoms with Gasteiger partial charge in [-0.3, -0.25) is 10.1 Å². The van der Waals surface area contributed by atoms with Gasteiger partial charge in [-0.25, -0.2) is 0 Å². The third-order valence-electron chi connectivity index (χ3n) is 5.17. The van der Waals surface area contributed by atoms with Crippen LogP contribution < -0.4 is 20.3 Å². The van der Waals surface area contributed by atoms with E-state index in [9.17, 15) is 4.79 Å². The van der Waals surface area contributed by atoms with Crippen LogP contribution in [0.15, 0.2) is 48.5 Å². The fourth-order valence-corrected chi connectivity index (χ4v) is 3.76. The summed E-state index contributed by atoms with van der Waals surface area (Å²) in [6, 6.07) is 15.9. The predicted molar refractivity (Wildman–Crippen MR) is 128 cm³/mol. The number of nitrogens with zero attached hydrogens (tertiary/aromatic N) is 1. The predicted octanol–water partition coefficient (Wildman–Crippen LogP) is 5.23. The third-order valence-corrected chi connectivity index (χ3v) is 5.37. The molecular formula is C24H31N3O2S. The Bertz CT molecular complexity index is 867. The fourth-order valence-electron chi connectivity index (χ4n) is 3.55. The molecule has 1 amide bonds. The Morgan fingerprint density at radius 2 is 1.97 bits per heavy atom. The van der Waals surface area contributed by atoms with E-state index in [4.69, 9.17) is 17.0 Å². The zero-order valence-corrected chi connectivity index (χ0v) is 18.8. The van der Waals surface area contributed by atoms with Crippen LogP contribution in [-0.4, -0.2) is 30.2 Å². The van der Waals surface area contributed by atoms with E-state index in [1.807, 2.05) is 18.2 Å². The van der Waals surface area contributed by atoms with Crippen molar-refractivity contribution in [1.29, 1.82) is 0 Å². The molecule has 1 saturated heterocycles. The summed E-state index contributed by atoms with van der Waals surface area (Å²) in [5.74, 6) is 0.836. The van der Waals surface area contributed by atoms with E-state index in [1.54, 1.807) is 18.2 Å². The zero-order valence-electron chi connectivity index (χ0n) is 18.0. The Hall–Kier alpha value is -2.60. The van der Waals surface area contributed by atoms with E-state index in [1.165, 1.54) is 24.9 Å². The first-order valence-corrected chi connectivity index (χ1v) is 11.0. The van der Waals surface area contributed by atoms with Crippen molar-refractivity contribution in [3.63, 3.8) is 0 Å². The molecule has 1 heterocycles. The van der Waals surface area contributed by atoms with Crippen LogP contribution in [0.4, 0.5) is 11.4 Å². The Labute approximate surface area is 184 Å². The normalized spacial score (nSPS) is 16.3. The number of hydrogen-bond donors (Lipinski definition) is 2. The summed E-state index contributed by atoms with van der Waals surface area (Å²) in [6.07, 6.45) is 3.78. The average Bonchev–Trinajstić information content (AvgIpc) is 2.73. The maximum atomic E-state index is 12.5. The molecule has 0 bridgehead atoms. The second-order valence-electron chi connectivity index (χ2n) is 8.23. The molecule has 160 valence electrons. The van der Waals surface area contributed by atoms with Crippen LogP contribution >= 0.6 is 12.2 Å². The number of rotatable bonds is 6. The molecule has 0 aromatic heterocycles. The van der Waals surface area contributed by atoms with Crippen molar-refractivity contribution in [1.82, 2.24) is 5.32 Å². The molecule has 0 unspecified atom stereocenters. The van der Waals surface area contributed by atoms with E-state index in [0.29, 0.717) is 29.9 Å². The van der Waals surface area contributed by atoms with Crippen molar-refractivity contribution in [3.05, 3.63) is 54.1 Å². The van der Waals surface area contributed by atoms with Crippen LogP contribution in [-0.2, 0) is 0 Å². The number of hydrogen-bond acceptors (Lipinski definition) is 4. The Morgan fingerprint density at radius 3 is 2.67 bits per heavy atom. The van der Waals surface area contributed by atoms with Gasteiger partial charge in [0, 0.05) is 29.5 Å². The van der Waals surface area contributed by atoms with Crippen LogP contribution in [0.1, 0.15) is 50.4 Å². The largest absolute Gasteiger partial charge is 0.493 e. The number of carbonyl (C=O) groups is 1. The van der Waals surface area contributed by atoms with Crippen LogP contribution in [0, 0.1) is 5.92 Å². The molecule has 1 fully saturated rings. The van der Waals surface area contributed by atoms with Gasteiger partial charge < -0.3 is 15.0 Å². The molecule has 2 aromatic carbocycles. The summed E-state index contributed by atoms with van der Waals surface area (Å²) < 4.78 is 5.70. The lowest BCUT2D eigenvalue weighted by molar-refractivity contribution is 0.0977. The van der Waals surface area contributed by atoms with E-state index in [-0.39, 0.29) is 11.0 Å². The number of nitrogens with one attached hydrogen (secondary N) is 2. The van der Waals surface area contributed by atoms with Crippen molar-refractivity contribution in [3.8, 4) is 5.75 Å². The second-order valence-corrected chi connectivity index (χ2v) is 8.63. The maximum Gasteiger partial charge on any atom is 0.257 e. The summed E-state index contributed by atoms with van der Waals surface area (Å²) in [4.78, 5) is 15.0. The van der Waals surface area contributed by atoms with Gasteiger partial charge in [0.05, 0.1) is 6.61 Å². The minimum absolute atomic E-state index is 0.263. The smallest absolute Gasteiger partial charge is 0.257 e. The first kappa shape index (κ1) is 22.1. The summed E-state index contributed by atoms with van der Waals surface area (Å²) in [5, 5.41) is 6.10. The van der Waals surface area contributed by atoms with Gasteiger partial charge in [0.15, 0.2) is 5.11 Å². The van der Waals surface area contributed by atoms with E-state index < -0.39 is 0 Å². The van der Waals surface area contributed by atoms with E-state index in [0.717, 1.165) is 12.2 Å². The highest BCUT2D eigenvalue weighted by Crippen LogP contribution is 2.25. The average molecular weight is 426 g/mol. The van der Waals surface area contributed by atoms with Gasteiger partial charge in [-0.05, 0) is 86.8 Å². The van der Waals surface area contributed by atoms with Crippen LogP contribution in [0.5, 0.6) is 5.75 Å². The minimum Gasteiger partial charge on any atom is -0.493 e. The molecule has 1 aliphatic heterocycles. The van der Waals surface area contributed by atoms with Crippen molar-refractivity contribution in [2.75, 3.05) is 23.4 Å². The highest BCUT2D eigenvalue weighted by atomic mass is 32.1.